The van der Waals surface area contributed by atoms with E-state index in [-0.39, 0.29) is 0 Å². The standard InChI is InChI=1S/C21H26Cl2O2/c1-5-6-7-15-10-19(22)18(20(23)11-15)13-25-16-8-9-17(14(2)3)21(12-16)24-4/h8-12,14H,5-7,13H2,1-4H3. The molecule has 0 aliphatic heterocycles. The van der Waals surface area contributed by atoms with Gasteiger partial charge < -0.3 is 9.47 Å². The summed E-state index contributed by atoms with van der Waals surface area (Å²) in [5, 5.41) is 1.31. The van der Waals surface area contributed by atoms with Crippen LogP contribution in [0.15, 0.2) is 30.3 Å². The summed E-state index contributed by atoms with van der Waals surface area (Å²) in [6, 6.07) is 9.88. The largest absolute Gasteiger partial charge is 0.496 e. The number of unbranched alkanes of at least 4 members (excludes halogenated alkanes) is 1. The number of hydrogen-bond acceptors (Lipinski definition) is 2. The van der Waals surface area contributed by atoms with Crippen LogP contribution in [0.5, 0.6) is 11.5 Å². The topological polar surface area (TPSA) is 18.5 Å². The van der Waals surface area contributed by atoms with Crippen molar-refractivity contribution in [1.29, 1.82) is 0 Å². The minimum Gasteiger partial charge on any atom is -0.496 e. The molecule has 0 saturated heterocycles. The minimum atomic E-state index is 0.329. The Hall–Kier alpha value is -1.38. The van der Waals surface area contributed by atoms with Gasteiger partial charge in [-0.05, 0) is 48.1 Å². The molecule has 0 aliphatic rings. The molecule has 0 aromatic heterocycles. The van der Waals surface area contributed by atoms with Crippen LogP contribution in [0, 0.1) is 0 Å². The van der Waals surface area contributed by atoms with Gasteiger partial charge in [-0.1, -0.05) is 56.5 Å². The molecule has 2 aromatic carbocycles. The molecular weight excluding hydrogens is 355 g/mol. The van der Waals surface area contributed by atoms with Gasteiger partial charge in [0, 0.05) is 21.7 Å². The number of ether oxygens (including phenoxy) is 2. The van der Waals surface area contributed by atoms with E-state index in [9.17, 15) is 0 Å². The molecular formula is C21H26Cl2O2. The molecule has 136 valence electrons. The van der Waals surface area contributed by atoms with Crippen LogP contribution >= 0.6 is 23.2 Å². The molecule has 0 atom stereocenters. The lowest BCUT2D eigenvalue weighted by Crippen LogP contribution is -2.00. The van der Waals surface area contributed by atoms with E-state index in [2.05, 4.69) is 20.8 Å². The van der Waals surface area contributed by atoms with Crippen LogP contribution in [0.2, 0.25) is 10.0 Å². The van der Waals surface area contributed by atoms with Crippen LogP contribution in [-0.4, -0.2) is 7.11 Å². The summed E-state index contributed by atoms with van der Waals surface area (Å²) in [5.74, 6) is 1.96. The SMILES string of the molecule is CCCCc1cc(Cl)c(COc2ccc(C(C)C)c(OC)c2)c(Cl)c1. The molecule has 0 spiro atoms. The zero-order valence-corrected chi connectivity index (χ0v) is 16.9. The quantitative estimate of drug-likeness (QED) is 0.488. The number of rotatable bonds is 8. The first-order chi connectivity index (χ1) is 12.0. The highest BCUT2D eigenvalue weighted by Crippen LogP contribution is 2.32. The summed E-state index contributed by atoms with van der Waals surface area (Å²) in [7, 11) is 1.67. The summed E-state index contributed by atoms with van der Waals surface area (Å²) in [4.78, 5) is 0. The van der Waals surface area contributed by atoms with Gasteiger partial charge in [0.15, 0.2) is 0 Å². The van der Waals surface area contributed by atoms with Crippen molar-refractivity contribution in [3.05, 3.63) is 57.1 Å². The fraction of sp³-hybridized carbons (Fsp3) is 0.429. The fourth-order valence-corrected chi connectivity index (χ4v) is 3.37. The first kappa shape index (κ1) is 19.9. The highest BCUT2D eigenvalue weighted by molar-refractivity contribution is 6.36. The molecule has 25 heavy (non-hydrogen) atoms. The van der Waals surface area contributed by atoms with Crippen molar-refractivity contribution in [1.82, 2.24) is 0 Å². The predicted molar refractivity (Wildman–Crippen MR) is 106 cm³/mol. The summed E-state index contributed by atoms with van der Waals surface area (Å²) in [6.45, 7) is 6.77. The maximum absolute atomic E-state index is 6.42. The predicted octanol–water partition coefficient (Wildman–Crippen LogP) is 7.05. The van der Waals surface area contributed by atoms with Gasteiger partial charge in [0.25, 0.3) is 0 Å². The Kier molecular flexibility index (Phi) is 7.46. The third kappa shape index (κ3) is 5.29. The summed E-state index contributed by atoms with van der Waals surface area (Å²) >= 11 is 12.8. The molecule has 0 bridgehead atoms. The zero-order chi connectivity index (χ0) is 18.4. The lowest BCUT2D eigenvalue weighted by Gasteiger charge is -2.15. The van der Waals surface area contributed by atoms with E-state index in [1.54, 1.807) is 7.11 Å². The molecule has 0 N–H and O–H groups in total. The average molecular weight is 381 g/mol. The van der Waals surface area contributed by atoms with Crippen LogP contribution in [0.3, 0.4) is 0 Å². The van der Waals surface area contributed by atoms with Crippen LogP contribution in [0.1, 0.15) is 56.2 Å². The van der Waals surface area contributed by atoms with Crippen LogP contribution < -0.4 is 9.47 Å². The van der Waals surface area contributed by atoms with Crippen molar-refractivity contribution in [3.63, 3.8) is 0 Å². The monoisotopic (exact) mass is 380 g/mol. The molecule has 2 nitrogen and oxygen atoms in total. The lowest BCUT2D eigenvalue weighted by atomic mass is 10.0. The van der Waals surface area contributed by atoms with Crippen molar-refractivity contribution in [2.45, 2.75) is 52.6 Å². The first-order valence-electron chi connectivity index (χ1n) is 8.73. The van der Waals surface area contributed by atoms with E-state index >= 15 is 0 Å². The fourth-order valence-electron chi connectivity index (χ4n) is 2.73. The lowest BCUT2D eigenvalue weighted by molar-refractivity contribution is 0.303. The highest BCUT2D eigenvalue weighted by Gasteiger charge is 2.12. The Morgan fingerprint density at radius 3 is 2.28 bits per heavy atom. The van der Waals surface area contributed by atoms with Gasteiger partial charge in [0.05, 0.1) is 7.11 Å². The maximum atomic E-state index is 6.42. The van der Waals surface area contributed by atoms with Gasteiger partial charge in [0.1, 0.15) is 18.1 Å². The van der Waals surface area contributed by atoms with E-state index in [0.717, 1.165) is 41.9 Å². The molecule has 0 aliphatic carbocycles. The van der Waals surface area contributed by atoms with E-state index in [0.29, 0.717) is 22.6 Å². The third-order valence-electron chi connectivity index (χ3n) is 4.23. The average Bonchev–Trinajstić information content (AvgIpc) is 2.58. The third-order valence-corrected chi connectivity index (χ3v) is 4.90. The molecule has 4 heteroatoms. The summed E-state index contributed by atoms with van der Waals surface area (Å²) in [6.07, 6.45) is 3.27. The van der Waals surface area contributed by atoms with Crippen molar-refractivity contribution in [2.24, 2.45) is 0 Å². The molecule has 0 unspecified atom stereocenters. The van der Waals surface area contributed by atoms with Gasteiger partial charge in [-0.3, -0.25) is 0 Å². The molecule has 2 rings (SSSR count). The second-order valence-corrected chi connectivity index (χ2v) is 7.30. The van der Waals surface area contributed by atoms with Crippen molar-refractivity contribution < 1.29 is 9.47 Å². The number of halogens is 2. The number of benzene rings is 2. The Labute approximate surface area is 161 Å². The van der Waals surface area contributed by atoms with Gasteiger partial charge in [0.2, 0.25) is 0 Å². The molecule has 0 fully saturated rings. The number of aryl methyl sites for hydroxylation is 1. The molecule has 0 heterocycles. The molecule has 2 aromatic rings. The van der Waals surface area contributed by atoms with Crippen LogP contribution in [0.25, 0.3) is 0 Å². The Morgan fingerprint density at radius 1 is 1.04 bits per heavy atom. The van der Waals surface area contributed by atoms with Crippen molar-refractivity contribution in [2.75, 3.05) is 7.11 Å². The molecule has 0 amide bonds. The zero-order valence-electron chi connectivity index (χ0n) is 15.4. The Balaban J connectivity index is 2.13. The van der Waals surface area contributed by atoms with Gasteiger partial charge >= 0.3 is 0 Å². The molecule has 0 radical (unpaired) electrons. The second-order valence-electron chi connectivity index (χ2n) is 6.49. The highest BCUT2D eigenvalue weighted by atomic mass is 35.5. The number of hydrogen-bond donors (Lipinski definition) is 0. The van der Waals surface area contributed by atoms with Gasteiger partial charge in [-0.15, -0.1) is 0 Å². The summed E-state index contributed by atoms with van der Waals surface area (Å²) < 4.78 is 11.4. The smallest absolute Gasteiger partial charge is 0.126 e. The van der Waals surface area contributed by atoms with Crippen molar-refractivity contribution in [3.8, 4) is 11.5 Å². The van der Waals surface area contributed by atoms with Gasteiger partial charge in [-0.25, -0.2) is 0 Å². The molecule has 0 saturated carbocycles. The Bertz CT molecular complexity index is 688. The van der Waals surface area contributed by atoms with E-state index in [1.807, 2.05) is 30.3 Å². The van der Waals surface area contributed by atoms with E-state index < -0.39 is 0 Å². The van der Waals surface area contributed by atoms with Crippen molar-refractivity contribution >= 4 is 23.2 Å². The minimum absolute atomic E-state index is 0.329. The number of methoxy groups -OCH3 is 1. The second kappa shape index (κ2) is 9.35. The van der Waals surface area contributed by atoms with Crippen LogP contribution in [0.4, 0.5) is 0 Å². The van der Waals surface area contributed by atoms with Crippen LogP contribution in [-0.2, 0) is 13.0 Å². The maximum Gasteiger partial charge on any atom is 0.126 e. The Morgan fingerprint density at radius 2 is 1.72 bits per heavy atom. The first-order valence-corrected chi connectivity index (χ1v) is 9.49. The normalized spacial score (nSPS) is 11.0. The van der Waals surface area contributed by atoms with E-state index in [1.165, 1.54) is 5.56 Å². The summed E-state index contributed by atoms with van der Waals surface area (Å²) in [5.41, 5.74) is 3.14. The van der Waals surface area contributed by atoms with E-state index in [4.69, 9.17) is 32.7 Å². The van der Waals surface area contributed by atoms with Gasteiger partial charge in [-0.2, -0.15) is 0 Å².